The fourth-order valence-corrected chi connectivity index (χ4v) is 2.17. The van der Waals surface area contributed by atoms with E-state index in [0.717, 1.165) is 16.7 Å². The van der Waals surface area contributed by atoms with Gasteiger partial charge in [0.15, 0.2) is 5.65 Å². The van der Waals surface area contributed by atoms with Crippen LogP contribution in [-0.2, 0) is 0 Å². The average molecular weight is 257 g/mol. The lowest BCUT2D eigenvalue weighted by molar-refractivity contribution is 0.617. The maximum Gasteiger partial charge on any atom is 0.325 e. The molecule has 0 bridgehead atoms. The van der Waals surface area contributed by atoms with Crippen molar-refractivity contribution >= 4 is 11.2 Å². The molecule has 3 aromatic rings. The van der Waals surface area contributed by atoms with E-state index in [-0.39, 0.29) is 11.5 Å². The normalized spacial score (nSPS) is 11.1. The van der Waals surface area contributed by atoms with Gasteiger partial charge in [-0.2, -0.15) is 0 Å². The molecule has 2 aromatic heterocycles. The number of hydrogen-bond acceptors (Lipinski definition) is 2. The first-order valence-corrected chi connectivity index (χ1v) is 5.90. The monoisotopic (exact) mass is 257 g/mol. The molecule has 2 heterocycles. The van der Waals surface area contributed by atoms with Crippen molar-refractivity contribution < 1.29 is 4.39 Å². The van der Waals surface area contributed by atoms with Crippen molar-refractivity contribution in [3.8, 4) is 11.1 Å². The van der Waals surface area contributed by atoms with Crippen LogP contribution in [0.4, 0.5) is 4.39 Å². The summed E-state index contributed by atoms with van der Waals surface area (Å²) >= 11 is 0. The molecule has 0 spiro atoms. The fraction of sp³-hybridized carbons (Fsp3) is 0.143. The van der Waals surface area contributed by atoms with Crippen LogP contribution in [0.3, 0.4) is 0 Å². The minimum absolute atomic E-state index is 0.217. The number of benzene rings is 1. The molecule has 0 unspecified atom stereocenters. The highest BCUT2D eigenvalue weighted by Gasteiger charge is 2.09. The molecular formula is C14H12FN3O. The van der Waals surface area contributed by atoms with Crippen LogP contribution in [0.5, 0.6) is 0 Å². The maximum atomic E-state index is 13.5. The fourth-order valence-electron chi connectivity index (χ4n) is 2.17. The van der Waals surface area contributed by atoms with Crippen molar-refractivity contribution in [1.29, 1.82) is 0 Å². The Morgan fingerprint density at radius 2 is 1.95 bits per heavy atom. The van der Waals surface area contributed by atoms with Crippen molar-refractivity contribution in [3.63, 3.8) is 0 Å². The molecule has 19 heavy (non-hydrogen) atoms. The van der Waals surface area contributed by atoms with Crippen molar-refractivity contribution in [2.45, 2.75) is 13.8 Å². The Morgan fingerprint density at radius 1 is 1.16 bits per heavy atom. The Bertz CT molecular complexity index is 832. The number of aromatic amines is 2. The number of aromatic nitrogens is 3. The number of imidazole rings is 1. The molecule has 0 saturated heterocycles. The van der Waals surface area contributed by atoms with Gasteiger partial charge in [0.1, 0.15) is 5.82 Å². The van der Waals surface area contributed by atoms with Gasteiger partial charge in [-0.25, -0.2) is 14.2 Å². The van der Waals surface area contributed by atoms with E-state index in [1.165, 1.54) is 6.07 Å². The highest BCUT2D eigenvalue weighted by Crippen LogP contribution is 2.27. The summed E-state index contributed by atoms with van der Waals surface area (Å²) < 4.78 is 13.5. The molecule has 0 radical (unpaired) electrons. The standard InChI is InChI=1S/C14H12FN3O/c1-7-8(2)11(15)4-3-10(7)9-5-12-13(16-6-9)18-14(19)17-12/h3-6H,1-2H3,(H2,16,17,18,19). The molecule has 0 fully saturated rings. The van der Waals surface area contributed by atoms with E-state index in [4.69, 9.17) is 0 Å². The van der Waals surface area contributed by atoms with Gasteiger partial charge in [-0.3, -0.25) is 4.98 Å². The van der Waals surface area contributed by atoms with E-state index < -0.39 is 0 Å². The van der Waals surface area contributed by atoms with E-state index in [1.807, 2.05) is 13.0 Å². The van der Waals surface area contributed by atoms with Crippen LogP contribution in [0, 0.1) is 19.7 Å². The van der Waals surface area contributed by atoms with E-state index in [0.29, 0.717) is 16.7 Å². The Hall–Kier alpha value is -2.43. The van der Waals surface area contributed by atoms with Crippen molar-refractivity contribution in [2.24, 2.45) is 0 Å². The second-order valence-corrected chi connectivity index (χ2v) is 4.54. The third-order valence-corrected chi connectivity index (χ3v) is 3.40. The summed E-state index contributed by atoms with van der Waals surface area (Å²) in [5, 5.41) is 0. The number of hydrogen-bond donors (Lipinski definition) is 2. The maximum absolute atomic E-state index is 13.5. The minimum Gasteiger partial charge on any atom is -0.304 e. The summed E-state index contributed by atoms with van der Waals surface area (Å²) in [4.78, 5) is 20.6. The Labute approximate surface area is 108 Å². The first-order valence-electron chi connectivity index (χ1n) is 5.90. The lowest BCUT2D eigenvalue weighted by Crippen LogP contribution is -1.99. The second kappa shape index (κ2) is 4.05. The zero-order chi connectivity index (χ0) is 13.6. The average Bonchev–Trinajstić information content (AvgIpc) is 2.75. The van der Waals surface area contributed by atoms with Gasteiger partial charge in [0.2, 0.25) is 0 Å². The van der Waals surface area contributed by atoms with Gasteiger partial charge in [-0.05, 0) is 42.7 Å². The quantitative estimate of drug-likeness (QED) is 0.704. The molecule has 0 saturated carbocycles. The van der Waals surface area contributed by atoms with Crippen LogP contribution in [0.25, 0.3) is 22.3 Å². The highest BCUT2D eigenvalue weighted by atomic mass is 19.1. The Morgan fingerprint density at radius 3 is 2.74 bits per heavy atom. The highest BCUT2D eigenvalue weighted by molar-refractivity contribution is 5.79. The number of halogens is 1. The first-order chi connectivity index (χ1) is 9.06. The number of pyridine rings is 1. The van der Waals surface area contributed by atoms with Gasteiger partial charge in [0.05, 0.1) is 5.52 Å². The van der Waals surface area contributed by atoms with Crippen molar-refractivity contribution in [3.05, 3.63) is 51.8 Å². The molecule has 1 aromatic carbocycles. The van der Waals surface area contributed by atoms with Crippen molar-refractivity contribution in [1.82, 2.24) is 15.0 Å². The summed E-state index contributed by atoms with van der Waals surface area (Å²) in [5.41, 5.74) is 4.14. The summed E-state index contributed by atoms with van der Waals surface area (Å²) in [6, 6.07) is 5.01. The van der Waals surface area contributed by atoms with Crippen LogP contribution in [0.1, 0.15) is 11.1 Å². The molecule has 96 valence electrons. The predicted molar refractivity (Wildman–Crippen MR) is 71.6 cm³/mol. The number of rotatable bonds is 1. The van der Waals surface area contributed by atoms with E-state index >= 15 is 0 Å². The van der Waals surface area contributed by atoms with Gasteiger partial charge in [0.25, 0.3) is 0 Å². The van der Waals surface area contributed by atoms with Crippen LogP contribution in [0.2, 0.25) is 0 Å². The second-order valence-electron chi connectivity index (χ2n) is 4.54. The van der Waals surface area contributed by atoms with Gasteiger partial charge in [0, 0.05) is 11.8 Å². The van der Waals surface area contributed by atoms with E-state index in [1.54, 1.807) is 19.2 Å². The smallest absolute Gasteiger partial charge is 0.304 e. The van der Waals surface area contributed by atoms with Gasteiger partial charge in [-0.1, -0.05) is 6.07 Å². The zero-order valence-corrected chi connectivity index (χ0v) is 10.5. The molecule has 0 aliphatic heterocycles. The van der Waals surface area contributed by atoms with E-state index in [2.05, 4.69) is 15.0 Å². The summed E-state index contributed by atoms with van der Waals surface area (Å²) in [6.45, 7) is 3.62. The van der Waals surface area contributed by atoms with Gasteiger partial charge < -0.3 is 4.98 Å². The van der Waals surface area contributed by atoms with Crippen LogP contribution in [-0.4, -0.2) is 15.0 Å². The SMILES string of the molecule is Cc1c(F)ccc(-c2cnc3[nH]c(=O)[nH]c3c2)c1C. The first kappa shape index (κ1) is 11.6. The Balaban J connectivity index is 2.24. The van der Waals surface area contributed by atoms with E-state index in [9.17, 15) is 9.18 Å². The van der Waals surface area contributed by atoms with Gasteiger partial charge in [-0.15, -0.1) is 0 Å². The summed E-state index contributed by atoms with van der Waals surface area (Å²) in [7, 11) is 0. The molecule has 0 aliphatic carbocycles. The molecule has 3 rings (SSSR count). The van der Waals surface area contributed by atoms with Gasteiger partial charge >= 0.3 is 5.69 Å². The molecule has 4 nitrogen and oxygen atoms in total. The minimum atomic E-state index is -0.286. The molecule has 0 atom stereocenters. The largest absolute Gasteiger partial charge is 0.325 e. The summed E-state index contributed by atoms with van der Waals surface area (Å²) in [5.74, 6) is -0.217. The van der Waals surface area contributed by atoms with Crippen molar-refractivity contribution in [2.75, 3.05) is 0 Å². The number of nitrogens with zero attached hydrogens (tertiary/aromatic N) is 1. The molecule has 0 amide bonds. The zero-order valence-electron chi connectivity index (χ0n) is 10.5. The summed E-state index contributed by atoms with van der Waals surface area (Å²) in [6.07, 6.45) is 1.67. The van der Waals surface area contributed by atoms with Crippen LogP contribution >= 0.6 is 0 Å². The lowest BCUT2D eigenvalue weighted by Gasteiger charge is -2.09. The topological polar surface area (TPSA) is 61.5 Å². The third-order valence-electron chi connectivity index (χ3n) is 3.40. The molecular weight excluding hydrogens is 245 g/mol. The number of nitrogens with one attached hydrogen (secondary N) is 2. The molecule has 0 aliphatic rings. The van der Waals surface area contributed by atoms with Crippen LogP contribution in [0.15, 0.2) is 29.2 Å². The Kier molecular flexibility index (Phi) is 2.48. The predicted octanol–water partition coefficient (Wildman–Crippen LogP) is 2.67. The lowest BCUT2D eigenvalue weighted by atomic mass is 9.98. The van der Waals surface area contributed by atoms with Crippen LogP contribution < -0.4 is 5.69 Å². The number of H-pyrrole nitrogens is 2. The molecule has 2 N–H and O–H groups in total. The third kappa shape index (κ3) is 1.83. The number of fused-ring (bicyclic) bond motifs is 1. The molecule has 5 heteroatoms.